The SMILES string of the molecule is CCCCC1=C(C2=Cc3ccccc3[CH]2[Zr+2])CC=C1.[Cl-].[Cl-]. The smallest absolute Gasteiger partial charge is 1.00 e. The monoisotopic (exact) mass is 395 g/mol. The Labute approximate surface area is 155 Å². The van der Waals surface area contributed by atoms with Crippen LogP contribution in [0.2, 0.25) is 0 Å². The number of benzene rings is 1. The Kier molecular flexibility index (Phi) is 7.68. The van der Waals surface area contributed by atoms with Gasteiger partial charge in [-0.15, -0.1) is 0 Å². The van der Waals surface area contributed by atoms with Gasteiger partial charge in [-0.05, 0) is 0 Å². The average molecular weight is 397 g/mol. The molecule has 0 aliphatic heterocycles. The number of fused-ring (bicyclic) bond motifs is 1. The van der Waals surface area contributed by atoms with Crippen LogP contribution < -0.4 is 24.8 Å². The molecule has 0 heterocycles. The van der Waals surface area contributed by atoms with Crippen LogP contribution in [0.15, 0.2) is 53.1 Å². The first-order valence-corrected chi connectivity index (χ1v) is 8.63. The van der Waals surface area contributed by atoms with Crippen LogP contribution in [-0.2, 0) is 24.7 Å². The van der Waals surface area contributed by atoms with Crippen LogP contribution in [0.4, 0.5) is 0 Å². The van der Waals surface area contributed by atoms with Gasteiger partial charge in [0, 0.05) is 0 Å². The van der Waals surface area contributed by atoms with Crippen LogP contribution in [0.25, 0.3) is 6.08 Å². The van der Waals surface area contributed by atoms with Crippen molar-refractivity contribution in [3.05, 3.63) is 64.3 Å². The zero-order chi connectivity index (χ0) is 13.2. The van der Waals surface area contributed by atoms with E-state index in [0.29, 0.717) is 3.63 Å². The summed E-state index contributed by atoms with van der Waals surface area (Å²) in [6, 6.07) is 8.88. The van der Waals surface area contributed by atoms with Crippen LogP contribution >= 0.6 is 0 Å². The van der Waals surface area contributed by atoms with Gasteiger partial charge in [0.15, 0.2) is 0 Å². The van der Waals surface area contributed by atoms with Crippen molar-refractivity contribution in [3.63, 3.8) is 0 Å². The van der Waals surface area contributed by atoms with E-state index in [9.17, 15) is 0 Å². The summed E-state index contributed by atoms with van der Waals surface area (Å²) in [6.45, 7) is 2.27. The molecule has 1 aromatic rings. The maximum atomic E-state index is 2.43. The standard InChI is InChI=1S/C18H19.2ClH.Zr/c1-2-3-7-14-10-6-11-18(14)17-12-15-8-4-5-9-16(15)13-17;;;/h4-6,8-10,12-13H,2-3,7,11H2,1H3;2*1H;/q;;;+2/p-2. The number of rotatable bonds is 4. The Bertz CT molecular complexity index is 585. The van der Waals surface area contributed by atoms with Gasteiger partial charge in [0.1, 0.15) is 0 Å². The van der Waals surface area contributed by atoms with E-state index >= 15 is 0 Å². The fraction of sp³-hybridized carbons (Fsp3) is 0.333. The molecular formula is C18H19Cl2Zr. The van der Waals surface area contributed by atoms with Gasteiger partial charge in [-0.2, -0.15) is 0 Å². The molecule has 0 fully saturated rings. The zero-order valence-electron chi connectivity index (χ0n) is 12.2. The number of hydrogen-bond acceptors (Lipinski definition) is 0. The summed E-state index contributed by atoms with van der Waals surface area (Å²) in [5.74, 6) is 0. The molecule has 109 valence electrons. The second-order valence-electron chi connectivity index (χ2n) is 5.38. The van der Waals surface area contributed by atoms with Gasteiger partial charge in [-0.25, -0.2) is 0 Å². The molecule has 0 nitrogen and oxygen atoms in total. The van der Waals surface area contributed by atoms with E-state index in [4.69, 9.17) is 0 Å². The predicted octanol–water partition coefficient (Wildman–Crippen LogP) is -0.874. The molecule has 0 saturated heterocycles. The Hall–Kier alpha value is -0.0969. The van der Waals surface area contributed by atoms with Crippen LogP contribution in [0.1, 0.15) is 47.4 Å². The van der Waals surface area contributed by atoms with Crippen LogP contribution in [-0.4, -0.2) is 0 Å². The topological polar surface area (TPSA) is 0 Å². The third-order valence-corrected chi connectivity index (χ3v) is 5.63. The Morgan fingerprint density at radius 1 is 1.19 bits per heavy atom. The van der Waals surface area contributed by atoms with Crippen LogP contribution in [0, 0.1) is 0 Å². The molecule has 3 heteroatoms. The normalized spacial score (nSPS) is 19.0. The molecule has 21 heavy (non-hydrogen) atoms. The maximum Gasteiger partial charge on any atom is -1.00 e. The first-order chi connectivity index (χ1) is 9.31. The molecule has 0 amide bonds. The summed E-state index contributed by atoms with van der Waals surface area (Å²) >= 11 is 1.61. The molecule has 3 rings (SSSR count). The van der Waals surface area contributed by atoms with Crippen molar-refractivity contribution < 1.29 is 49.5 Å². The summed E-state index contributed by atoms with van der Waals surface area (Å²) < 4.78 is 0.648. The minimum absolute atomic E-state index is 0. The van der Waals surface area contributed by atoms with E-state index in [-0.39, 0.29) is 24.8 Å². The van der Waals surface area contributed by atoms with Gasteiger partial charge in [-0.1, -0.05) is 0 Å². The van der Waals surface area contributed by atoms with Crippen molar-refractivity contribution in [3.8, 4) is 0 Å². The average Bonchev–Trinajstić information content (AvgIpc) is 3.01. The van der Waals surface area contributed by atoms with E-state index in [1.165, 1.54) is 30.4 Å². The third kappa shape index (κ3) is 3.81. The Morgan fingerprint density at radius 2 is 1.95 bits per heavy atom. The van der Waals surface area contributed by atoms with Crippen LogP contribution in [0.5, 0.6) is 0 Å². The summed E-state index contributed by atoms with van der Waals surface area (Å²) in [4.78, 5) is 0. The first kappa shape index (κ1) is 19.0. The molecule has 1 unspecified atom stereocenters. The quantitative estimate of drug-likeness (QED) is 0.620. The third-order valence-electron chi connectivity index (χ3n) is 4.11. The summed E-state index contributed by atoms with van der Waals surface area (Å²) in [7, 11) is 0. The molecule has 2 aliphatic carbocycles. The Morgan fingerprint density at radius 3 is 2.67 bits per heavy atom. The molecule has 0 saturated carbocycles. The Balaban J connectivity index is 0.00000110. The van der Waals surface area contributed by atoms with E-state index in [2.05, 4.69) is 49.4 Å². The van der Waals surface area contributed by atoms with Gasteiger partial charge in [-0.3, -0.25) is 0 Å². The van der Waals surface area contributed by atoms with Gasteiger partial charge < -0.3 is 24.8 Å². The minimum atomic E-state index is 0. The van der Waals surface area contributed by atoms with Crippen molar-refractivity contribution in [2.24, 2.45) is 0 Å². The molecule has 0 N–H and O–H groups in total. The minimum Gasteiger partial charge on any atom is -1.00 e. The van der Waals surface area contributed by atoms with Gasteiger partial charge in [0.2, 0.25) is 0 Å². The molecule has 1 atom stereocenters. The zero-order valence-corrected chi connectivity index (χ0v) is 16.2. The number of halogens is 2. The van der Waals surface area contributed by atoms with Crippen molar-refractivity contribution in [2.45, 2.75) is 36.2 Å². The first-order valence-electron chi connectivity index (χ1n) is 7.22. The number of hydrogen-bond donors (Lipinski definition) is 0. The largest absolute Gasteiger partial charge is 1.00 e. The molecule has 0 radical (unpaired) electrons. The predicted molar refractivity (Wildman–Crippen MR) is 77.5 cm³/mol. The van der Waals surface area contributed by atoms with Crippen molar-refractivity contribution in [2.75, 3.05) is 0 Å². The number of allylic oxidation sites excluding steroid dienone is 5. The molecule has 2 aliphatic rings. The van der Waals surface area contributed by atoms with Crippen molar-refractivity contribution in [1.29, 1.82) is 0 Å². The summed E-state index contributed by atoms with van der Waals surface area (Å²) in [6.07, 6.45) is 12.1. The van der Waals surface area contributed by atoms with E-state index in [0.717, 1.165) is 6.42 Å². The van der Waals surface area contributed by atoms with E-state index in [1.54, 1.807) is 41.4 Å². The molecular weight excluding hydrogens is 378 g/mol. The van der Waals surface area contributed by atoms with Crippen LogP contribution in [0.3, 0.4) is 0 Å². The van der Waals surface area contributed by atoms with Gasteiger partial charge >= 0.3 is 131 Å². The second-order valence-corrected chi connectivity index (χ2v) is 6.79. The van der Waals surface area contributed by atoms with Crippen molar-refractivity contribution in [1.82, 2.24) is 0 Å². The number of unbranched alkanes of at least 4 members (excludes halogenated alkanes) is 1. The second kappa shape index (κ2) is 8.51. The summed E-state index contributed by atoms with van der Waals surface area (Å²) in [5, 5.41) is 0. The molecule has 0 aromatic heterocycles. The molecule has 0 bridgehead atoms. The van der Waals surface area contributed by atoms with Gasteiger partial charge in [0.05, 0.1) is 0 Å². The molecule has 0 spiro atoms. The van der Waals surface area contributed by atoms with Crippen molar-refractivity contribution >= 4 is 6.08 Å². The fourth-order valence-corrected chi connectivity index (χ4v) is 4.32. The van der Waals surface area contributed by atoms with E-state index in [1.807, 2.05) is 0 Å². The fourth-order valence-electron chi connectivity index (χ4n) is 3.04. The summed E-state index contributed by atoms with van der Waals surface area (Å²) in [5.41, 5.74) is 7.77. The maximum absolute atomic E-state index is 2.43. The molecule has 1 aromatic carbocycles. The van der Waals surface area contributed by atoms with Gasteiger partial charge in [0.25, 0.3) is 0 Å². The van der Waals surface area contributed by atoms with E-state index < -0.39 is 0 Å².